The molecule has 19 heavy (non-hydrogen) atoms. The number of aromatic nitrogens is 1. The number of rotatable bonds is 1. The predicted molar refractivity (Wildman–Crippen MR) is 82.0 cm³/mol. The van der Waals surface area contributed by atoms with E-state index in [1.54, 1.807) is 0 Å². The average molecular weight is 256 g/mol. The fraction of sp³-hybridized carbons (Fsp3) is 0.529. The van der Waals surface area contributed by atoms with Gasteiger partial charge in [0.2, 0.25) is 0 Å². The molecule has 1 atom stereocenters. The van der Waals surface area contributed by atoms with Gasteiger partial charge in [-0.3, -0.25) is 0 Å². The highest BCUT2D eigenvalue weighted by atomic mass is 14.9. The SMILES string of the molecule is Cc1[nH]c2ccc(C(C)(C)C)cc2c1C1CCNC1. The van der Waals surface area contributed by atoms with Crippen LogP contribution in [0.2, 0.25) is 0 Å². The fourth-order valence-electron chi connectivity index (χ4n) is 3.24. The summed E-state index contributed by atoms with van der Waals surface area (Å²) in [5.41, 5.74) is 5.80. The second-order valence-corrected chi connectivity index (χ2v) is 6.86. The summed E-state index contributed by atoms with van der Waals surface area (Å²) in [5.74, 6) is 0.670. The molecule has 0 amide bonds. The van der Waals surface area contributed by atoms with Crippen LogP contribution in [-0.2, 0) is 5.41 Å². The zero-order valence-electron chi connectivity index (χ0n) is 12.4. The predicted octanol–water partition coefficient (Wildman–Crippen LogP) is 3.85. The first-order chi connectivity index (χ1) is 8.97. The van der Waals surface area contributed by atoms with E-state index in [0.717, 1.165) is 13.1 Å². The summed E-state index contributed by atoms with van der Waals surface area (Å²) in [5, 5.41) is 4.91. The Hall–Kier alpha value is -1.28. The van der Waals surface area contributed by atoms with E-state index >= 15 is 0 Å². The van der Waals surface area contributed by atoms with Crippen LogP contribution in [0.5, 0.6) is 0 Å². The van der Waals surface area contributed by atoms with Crippen LogP contribution in [0.3, 0.4) is 0 Å². The molecule has 1 fully saturated rings. The normalized spacial score (nSPS) is 20.3. The summed E-state index contributed by atoms with van der Waals surface area (Å²) in [6.07, 6.45) is 1.26. The molecule has 1 aliphatic rings. The van der Waals surface area contributed by atoms with Crippen LogP contribution in [-0.4, -0.2) is 18.1 Å². The van der Waals surface area contributed by atoms with Crippen molar-refractivity contribution in [2.24, 2.45) is 0 Å². The Balaban J connectivity index is 2.17. The summed E-state index contributed by atoms with van der Waals surface area (Å²) in [6, 6.07) is 6.90. The number of fused-ring (bicyclic) bond motifs is 1. The summed E-state index contributed by atoms with van der Waals surface area (Å²) in [7, 11) is 0. The quantitative estimate of drug-likeness (QED) is 0.797. The van der Waals surface area contributed by atoms with Crippen molar-refractivity contribution in [3.05, 3.63) is 35.0 Å². The Morgan fingerprint density at radius 1 is 1.21 bits per heavy atom. The second-order valence-electron chi connectivity index (χ2n) is 6.86. The minimum Gasteiger partial charge on any atom is -0.358 e. The van der Waals surface area contributed by atoms with Gasteiger partial charge < -0.3 is 10.3 Å². The maximum absolute atomic E-state index is 3.55. The van der Waals surface area contributed by atoms with Crippen molar-refractivity contribution in [2.75, 3.05) is 13.1 Å². The van der Waals surface area contributed by atoms with E-state index in [2.05, 4.69) is 56.2 Å². The third-order valence-corrected chi connectivity index (χ3v) is 4.37. The van der Waals surface area contributed by atoms with Crippen molar-refractivity contribution >= 4 is 10.9 Å². The topological polar surface area (TPSA) is 27.8 Å². The molecule has 2 aromatic rings. The van der Waals surface area contributed by atoms with Crippen molar-refractivity contribution < 1.29 is 0 Å². The Bertz CT molecular complexity index is 595. The van der Waals surface area contributed by atoms with E-state index in [1.165, 1.54) is 34.1 Å². The van der Waals surface area contributed by atoms with Crippen molar-refractivity contribution in [2.45, 2.75) is 45.4 Å². The number of aryl methyl sites for hydroxylation is 1. The molecular weight excluding hydrogens is 232 g/mol. The maximum Gasteiger partial charge on any atom is 0.0459 e. The van der Waals surface area contributed by atoms with E-state index in [-0.39, 0.29) is 5.41 Å². The van der Waals surface area contributed by atoms with Gasteiger partial charge in [-0.05, 0) is 54.5 Å². The van der Waals surface area contributed by atoms with Gasteiger partial charge in [-0.2, -0.15) is 0 Å². The molecular formula is C17H24N2. The van der Waals surface area contributed by atoms with Crippen LogP contribution in [0, 0.1) is 6.92 Å². The molecule has 1 unspecified atom stereocenters. The molecule has 0 bridgehead atoms. The fourth-order valence-corrected chi connectivity index (χ4v) is 3.24. The lowest BCUT2D eigenvalue weighted by molar-refractivity contribution is 0.591. The lowest BCUT2D eigenvalue weighted by Gasteiger charge is -2.19. The zero-order valence-corrected chi connectivity index (χ0v) is 12.4. The minimum absolute atomic E-state index is 0.213. The first-order valence-corrected chi connectivity index (χ1v) is 7.30. The Morgan fingerprint density at radius 3 is 2.63 bits per heavy atom. The third-order valence-electron chi connectivity index (χ3n) is 4.37. The van der Waals surface area contributed by atoms with Gasteiger partial charge in [0.25, 0.3) is 0 Å². The van der Waals surface area contributed by atoms with E-state index in [4.69, 9.17) is 0 Å². The average Bonchev–Trinajstić information content (AvgIpc) is 2.92. The summed E-state index contributed by atoms with van der Waals surface area (Å²) < 4.78 is 0. The molecule has 3 rings (SSSR count). The van der Waals surface area contributed by atoms with Crippen LogP contribution in [0.25, 0.3) is 10.9 Å². The van der Waals surface area contributed by atoms with Gasteiger partial charge >= 0.3 is 0 Å². The molecule has 0 radical (unpaired) electrons. The van der Waals surface area contributed by atoms with Crippen LogP contribution >= 0.6 is 0 Å². The molecule has 2 heterocycles. The lowest BCUT2D eigenvalue weighted by Crippen LogP contribution is -2.11. The summed E-state index contributed by atoms with van der Waals surface area (Å²) in [4.78, 5) is 3.55. The van der Waals surface area contributed by atoms with E-state index in [1.807, 2.05) is 0 Å². The van der Waals surface area contributed by atoms with Crippen molar-refractivity contribution in [3.8, 4) is 0 Å². The molecule has 102 valence electrons. The van der Waals surface area contributed by atoms with E-state index in [0.29, 0.717) is 5.92 Å². The molecule has 1 aromatic carbocycles. The Labute approximate surface area is 115 Å². The van der Waals surface area contributed by atoms with Gasteiger partial charge in [0.05, 0.1) is 0 Å². The molecule has 0 spiro atoms. The standard InChI is InChI=1S/C17H24N2/c1-11-16(12-7-8-18-10-12)14-9-13(17(2,3)4)5-6-15(14)19-11/h5-6,9,12,18-19H,7-8,10H2,1-4H3. The monoisotopic (exact) mass is 256 g/mol. The minimum atomic E-state index is 0.213. The number of hydrogen-bond acceptors (Lipinski definition) is 1. The van der Waals surface area contributed by atoms with E-state index in [9.17, 15) is 0 Å². The van der Waals surface area contributed by atoms with Crippen molar-refractivity contribution in [3.63, 3.8) is 0 Å². The largest absolute Gasteiger partial charge is 0.358 e. The third kappa shape index (κ3) is 2.18. The summed E-state index contributed by atoms with van der Waals surface area (Å²) in [6.45, 7) is 11.3. The molecule has 0 aliphatic carbocycles. The van der Waals surface area contributed by atoms with Crippen LogP contribution in [0.15, 0.2) is 18.2 Å². The summed E-state index contributed by atoms with van der Waals surface area (Å²) >= 11 is 0. The lowest BCUT2D eigenvalue weighted by atomic mass is 9.85. The Kier molecular flexibility index (Phi) is 2.94. The highest BCUT2D eigenvalue weighted by Crippen LogP contribution is 2.35. The Morgan fingerprint density at radius 2 is 2.00 bits per heavy atom. The highest BCUT2D eigenvalue weighted by molar-refractivity contribution is 5.86. The van der Waals surface area contributed by atoms with Crippen LogP contribution < -0.4 is 5.32 Å². The number of H-pyrrole nitrogens is 1. The number of benzene rings is 1. The van der Waals surface area contributed by atoms with Crippen LogP contribution in [0.4, 0.5) is 0 Å². The molecule has 2 nitrogen and oxygen atoms in total. The first kappa shape index (κ1) is 12.7. The van der Waals surface area contributed by atoms with Crippen LogP contribution in [0.1, 0.15) is 49.9 Å². The van der Waals surface area contributed by atoms with Crippen molar-refractivity contribution in [1.29, 1.82) is 0 Å². The van der Waals surface area contributed by atoms with E-state index < -0.39 is 0 Å². The molecule has 2 N–H and O–H groups in total. The molecule has 1 aliphatic heterocycles. The first-order valence-electron chi connectivity index (χ1n) is 7.30. The number of aromatic amines is 1. The highest BCUT2D eigenvalue weighted by Gasteiger charge is 2.23. The van der Waals surface area contributed by atoms with Gasteiger partial charge in [-0.1, -0.05) is 26.8 Å². The van der Waals surface area contributed by atoms with Gasteiger partial charge in [0.15, 0.2) is 0 Å². The van der Waals surface area contributed by atoms with Gasteiger partial charge in [-0.15, -0.1) is 0 Å². The maximum atomic E-state index is 3.55. The zero-order chi connectivity index (χ0) is 13.6. The molecule has 1 saturated heterocycles. The van der Waals surface area contributed by atoms with Gasteiger partial charge in [0, 0.05) is 23.1 Å². The molecule has 0 saturated carbocycles. The van der Waals surface area contributed by atoms with Gasteiger partial charge in [0.1, 0.15) is 0 Å². The second kappa shape index (κ2) is 4.38. The number of hydrogen-bond donors (Lipinski definition) is 2. The smallest absolute Gasteiger partial charge is 0.0459 e. The molecule has 2 heteroatoms. The van der Waals surface area contributed by atoms with Gasteiger partial charge in [-0.25, -0.2) is 0 Å². The van der Waals surface area contributed by atoms with Crippen molar-refractivity contribution in [1.82, 2.24) is 10.3 Å². The number of nitrogens with one attached hydrogen (secondary N) is 2. The molecule has 1 aromatic heterocycles.